The number of rotatable bonds is 2. The molecule has 0 saturated carbocycles. The van der Waals surface area contributed by atoms with Crippen LogP contribution in [0.1, 0.15) is 15.3 Å². The highest BCUT2D eigenvalue weighted by molar-refractivity contribution is 9.09. The third-order valence-corrected chi connectivity index (χ3v) is 2.82. The summed E-state index contributed by atoms with van der Waals surface area (Å²) < 4.78 is 0. The number of thiophene rings is 1. The maximum atomic E-state index is 3.35. The highest BCUT2D eigenvalue weighted by atomic mass is 79.9. The van der Waals surface area contributed by atoms with Crippen LogP contribution in [0.2, 0.25) is 0 Å². The number of alkyl halides is 1. The molecule has 0 saturated heterocycles. The Morgan fingerprint density at radius 3 is 2.73 bits per heavy atom. The van der Waals surface area contributed by atoms with Crippen molar-refractivity contribution in [3.05, 3.63) is 27.5 Å². The molecule has 0 unspecified atom stereocenters. The number of hydrogen-bond acceptors (Lipinski definition) is 1. The molecule has 0 radical (unpaired) electrons. The summed E-state index contributed by atoms with van der Waals surface area (Å²) in [5.74, 6) is 0. The first kappa shape index (κ1) is 9.01. The Morgan fingerprint density at radius 2 is 2.27 bits per heavy atom. The van der Waals surface area contributed by atoms with Crippen LogP contribution in [0, 0.1) is 13.8 Å². The molecule has 0 bridgehead atoms. The second kappa shape index (κ2) is 4.07. The van der Waals surface area contributed by atoms with Gasteiger partial charge < -0.3 is 0 Å². The van der Waals surface area contributed by atoms with Gasteiger partial charge in [-0.3, -0.25) is 0 Å². The number of hydrogen-bond donors (Lipinski definition) is 0. The third kappa shape index (κ3) is 2.46. The molecule has 2 heteroatoms. The van der Waals surface area contributed by atoms with E-state index in [1.54, 1.807) is 0 Å². The van der Waals surface area contributed by atoms with Crippen molar-refractivity contribution in [1.29, 1.82) is 0 Å². The van der Waals surface area contributed by atoms with Crippen LogP contribution in [0.5, 0.6) is 0 Å². The van der Waals surface area contributed by atoms with E-state index < -0.39 is 0 Å². The van der Waals surface area contributed by atoms with E-state index in [-0.39, 0.29) is 0 Å². The highest BCUT2D eigenvalue weighted by Crippen LogP contribution is 2.21. The van der Waals surface area contributed by atoms with Crippen LogP contribution in [0.4, 0.5) is 0 Å². The topological polar surface area (TPSA) is 0 Å². The molecule has 0 aliphatic carbocycles. The third-order valence-electron chi connectivity index (χ3n) is 1.47. The van der Waals surface area contributed by atoms with Gasteiger partial charge in [-0.2, -0.15) is 0 Å². The van der Waals surface area contributed by atoms with Crippen LogP contribution >= 0.6 is 27.3 Å². The molecule has 1 heterocycles. The van der Waals surface area contributed by atoms with Crippen molar-refractivity contribution in [1.82, 2.24) is 0 Å². The molecule has 0 aromatic carbocycles. The molecule has 0 nitrogen and oxygen atoms in total. The van der Waals surface area contributed by atoms with Gasteiger partial charge >= 0.3 is 0 Å². The van der Waals surface area contributed by atoms with Crippen LogP contribution in [-0.2, 0) is 0 Å². The second-order valence-electron chi connectivity index (χ2n) is 2.43. The van der Waals surface area contributed by atoms with Crippen molar-refractivity contribution < 1.29 is 0 Å². The van der Waals surface area contributed by atoms with E-state index >= 15 is 0 Å². The van der Waals surface area contributed by atoms with Crippen LogP contribution in [0.25, 0.3) is 6.08 Å². The van der Waals surface area contributed by atoms with Gasteiger partial charge in [-0.15, -0.1) is 11.3 Å². The van der Waals surface area contributed by atoms with Crippen molar-refractivity contribution in [2.24, 2.45) is 0 Å². The van der Waals surface area contributed by atoms with Crippen LogP contribution < -0.4 is 0 Å². The SMILES string of the molecule is Cc1cc(C=CCBr)c(C)s1. The summed E-state index contributed by atoms with van der Waals surface area (Å²) in [5, 5.41) is 0.932. The fraction of sp³-hybridized carbons (Fsp3) is 0.333. The second-order valence-corrected chi connectivity index (χ2v) is 4.53. The molecule has 0 amide bonds. The summed E-state index contributed by atoms with van der Waals surface area (Å²) in [6.45, 7) is 4.30. The van der Waals surface area contributed by atoms with Crippen molar-refractivity contribution in [2.75, 3.05) is 5.33 Å². The predicted octanol–water partition coefficient (Wildman–Crippen LogP) is 3.77. The minimum atomic E-state index is 0.932. The lowest BCUT2D eigenvalue weighted by Gasteiger charge is -1.86. The lowest BCUT2D eigenvalue weighted by Crippen LogP contribution is -1.67. The fourth-order valence-electron chi connectivity index (χ4n) is 0.987. The van der Waals surface area contributed by atoms with E-state index in [9.17, 15) is 0 Å². The Bertz CT molecular complexity index is 261. The van der Waals surface area contributed by atoms with Crippen molar-refractivity contribution in [3.8, 4) is 0 Å². The van der Waals surface area contributed by atoms with E-state index in [1.165, 1.54) is 15.3 Å². The smallest absolute Gasteiger partial charge is 0.0215 e. The molecule has 0 atom stereocenters. The first-order chi connectivity index (χ1) is 5.24. The predicted molar refractivity (Wildman–Crippen MR) is 56.6 cm³/mol. The van der Waals surface area contributed by atoms with Crippen molar-refractivity contribution in [2.45, 2.75) is 13.8 Å². The number of aryl methyl sites for hydroxylation is 2. The summed E-state index contributed by atoms with van der Waals surface area (Å²) in [4.78, 5) is 2.79. The molecule has 1 aromatic rings. The van der Waals surface area contributed by atoms with Gasteiger partial charge in [0.05, 0.1) is 0 Å². The molecule has 11 heavy (non-hydrogen) atoms. The Balaban J connectivity index is 2.85. The highest BCUT2D eigenvalue weighted by Gasteiger charge is 1.97. The lowest BCUT2D eigenvalue weighted by atomic mass is 10.2. The number of halogens is 1. The van der Waals surface area contributed by atoms with Gasteiger partial charge in [0, 0.05) is 15.1 Å². The van der Waals surface area contributed by atoms with Gasteiger partial charge in [0.25, 0.3) is 0 Å². The Kier molecular flexibility index (Phi) is 3.34. The largest absolute Gasteiger partial charge is 0.145 e. The minimum absolute atomic E-state index is 0.932. The number of allylic oxidation sites excluding steroid dienone is 1. The normalized spacial score (nSPS) is 11.2. The average molecular weight is 231 g/mol. The van der Waals surface area contributed by atoms with Crippen LogP contribution in [0.3, 0.4) is 0 Å². The standard InChI is InChI=1S/C9H11BrS/c1-7-6-9(4-3-5-10)8(2)11-7/h3-4,6H,5H2,1-2H3. The summed E-state index contributed by atoms with van der Waals surface area (Å²) >= 11 is 5.21. The van der Waals surface area contributed by atoms with Gasteiger partial charge in [0.1, 0.15) is 0 Å². The molecular weight excluding hydrogens is 220 g/mol. The Morgan fingerprint density at radius 1 is 1.55 bits per heavy atom. The quantitative estimate of drug-likeness (QED) is 0.679. The van der Waals surface area contributed by atoms with Gasteiger partial charge in [0.15, 0.2) is 0 Å². The summed E-state index contributed by atoms with van der Waals surface area (Å²) in [7, 11) is 0. The van der Waals surface area contributed by atoms with Gasteiger partial charge in [-0.05, 0) is 25.5 Å². The zero-order chi connectivity index (χ0) is 8.27. The molecule has 0 N–H and O–H groups in total. The zero-order valence-electron chi connectivity index (χ0n) is 6.73. The van der Waals surface area contributed by atoms with E-state index in [2.05, 4.69) is 48.0 Å². The maximum absolute atomic E-state index is 3.35. The molecule has 1 aromatic heterocycles. The fourth-order valence-corrected chi connectivity index (χ4v) is 2.09. The Labute approximate surface area is 80.1 Å². The van der Waals surface area contributed by atoms with Gasteiger partial charge in [0.2, 0.25) is 0 Å². The van der Waals surface area contributed by atoms with E-state index in [1.807, 2.05) is 11.3 Å². The summed E-state index contributed by atoms with van der Waals surface area (Å²) in [6.07, 6.45) is 4.28. The van der Waals surface area contributed by atoms with Crippen molar-refractivity contribution in [3.63, 3.8) is 0 Å². The van der Waals surface area contributed by atoms with Gasteiger partial charge in [-0.1, -0.05) is 28.1 Å². The monoisotopic (exact) mass is 230 g/mol. The summed E-state index contributed by atoms with van der Waals surface area (Å²) in [5.41, 5.74) is 1.35. The first-order valence-corrected chi connectivity index (χ1v) is 5.47. The van der Waals surface area contributed by atoms with E-state index in [0.717, 1.165) is 5.33 Å². The average Bonchev–Trinajstić information content (AvgIpc) is 2.26. The molecule has 0 aliphatic rings. The lowest BCUT2D eigenvalue weighted by molar-refractivity contribution is 1.57. The van der Waals surface area contributed by atoms with Crippen molar-refractivity contribution >= 4 is 33.3 Å². The van der Waals surface area contributed by atoms with Crippen LogP contribution in [-0.4, -0.2) is 5.33 Å². The molecule has 0 aliphatic heterocycles. The maximum Gasteiger partial charge on any atom is 0.0215 e. The zero-order valence-corrected chi connectivity index (χ0v) is 9.13. The van der Waals surface area contributed by atoms with Gasteiger partial charge in [-0.25, -0.2) is 0 Å². The first-order valence-electron chi connectivity index (χ1n) is 3.53. The summed E-state index contributed by atoms with van der Waals surface area (Å²) in [6, 6.07) is 2.22. The molecule has 0 spiro atoms. The van der Waals surface area contributed by atoms with E-state index in [0.29, 0.717) is 0 Å². The molecular formula is C9H11BrS. The Hall–Kier alpha value is -0.0800. The van der Waals surface area contributed by atoms with E-state index in [4.69, 9.17) is 0 Å². The van der Waals surface area contributed by atoms with Crippen LogP contribution in [0.15, 0.2) is 12.1 Å². The minimum Gasteiger partial charge on any atom is -0.145 e. The molecule has 0 fully saturated rings. The molecule has 1 rings (SSSR count). The molecule has 60 valence electrons.